The van der Waals surface area contributed by atoms with Crippen LogP contribution in [-0.4, -0.2) is 34.0 Å². The number of halogens is 2. The molecule has 0 aliphatic rings. The third kappa shape index (κ3) is 6.38. The molecule has 0 radical (unpaired) electrons. The fourth-order valence-electron chi connectivity index (χ4n) is 2.90. The number of hydrogen-bond acceptors (Lipinski definition) is 4. The zero-order valence-corrected chi connectivity index (χ0v) is 19.6. The van der Waals surface area contributed by atoms with Crippen LogP contribution in [0.15, 0.2) is 77.7 Å². The molecule has 9 heteroatoms. The Morgan fingerprint density at radius 3 is 2.22 bits per heavy atom. The first-order valence-electron chi connectivity index (χ1n) is 9.76. The lowest BCUT2D eigenvalue weighted by molar-refractivity contribution is -0.119. The summed E-state index contributed by atoms with van der Waals surface area (Å²) in [5.74, 6) is 0.194. The molecule has 1 amide bonds. The van der Waals surface area contributed by atoms with Crippen LogP contribution >= 0.6 is 23.2 Å². The lowest BCUT2D eigenvalue weighted by Crippen LogP contribution is -2.42. The zero-order valence-electron chi connectivity index (χ0n) is 17.3. The minimum absolute atomic E-state index is 0.0478. The molecule has 0 aliphatic carbocycles. The second-order valence-corrected chi connectivity index (χ2v) is 9.70. The van der Waals surface area contributed by atoms with Gasteiger partial charge >= 0.3 is 0 Å². The Morgan fingerprint density at radius 2 is 1.59 bits per heavy atom. The van der Waals surface area contributed by atoms with Crippen molar-refractivity contribution in [3.8, 4) is 5.75 Å². The molecular formula is C23H22Cl2N2O4S. The van der Waals surface area contributed by atoms with Crippen LogP contribution in [0.3, 0.4) is 0 Å². The maximum atomic E-state index is 13.3. The number of sulfonamides is 1. The standard InChI is InChI=1S/C23H22Cl2N2O4S/c1-17-7-9-21(10-8-17)31-12-11-26-23(28)16-27(20-14-18(24)13-19(25)15-20)32(29,30)22-5-3-2-4-6-22/h2-10,13-15H,11-12,16H2,1H3,(H,26,28). The number of carbonyl (C=O) groups is 1. The monoisotopic (exact) mass is 492 g/mol. The highest BCUT2D eigenvalue weighted by molar-refractivity contribution is 7.92. The highest BCUT2D eigenvalue weighted by Crippen LogP contribution is 2.29. The van der Waals surface area contributed by atoms with Crippen LogP contribution < -0.4 is 14.4 Å². The van der Waals surface area contributed by atoms with Gasteiger partial charge in [0.2, 0.25) is 5.91 Å². The van der Waals surface area contributed by atoms with Crippen molar-refractivity contribution in [3.63, 3.8) is 0 Å². The summed E-state index contributed by atoms with van der Waals surface area (Å²) in [6, 6.07) is 19.8. The molecule has 0 bridgehead atoms. The van der Waals surface area contributed by atoms with Gasteiger partial charge < -0.3 is 10.1 Å². The van der Waals surface area contributed by atoms with Crippen LogP contribution in [0.2, 0.25) is 10.0 Å². The fraction of sp³-hybridized carbons (Fsp3) is 0.174. The van der Waals surface area contributed by atoms with E-state index in [1.165, 1.54) is 30.3 Å². The Kier molecular flexibility index (Phi) is 8.01. The number of hydrogen-bond donors (Lipinski definition) is 1. The second-order valence-electron chi connectivity index (χ2n) is 6.96. The number of amides is 1. The highest BCUT2D eigenvalue weighted by atomic mass is 35.5. The quantitative estimate of drug-likeness (QED) is 0.439. The van der Waals surface area contributed by atoms with Gasteiger partial charge in [-0.15, -0.1) is 0 Å². The minimum atomic E-state index is -4.04. The van der Waals surface area contributed by atoms with Crippen LogP contribution in [0.5, 0.6) is 5.75 Å². The number of carbonyl (C=O) groups excluding carboxylic acids is 1. The summed E-state index contributed by atoms with van der Waals surface area (Å²) in [5.41, 5.74) is 1.31. The fourth-order valence-corrected chi connectivity index (χ4v) is 4.84. The molecule has 3 rings (SSSR count). The number of aryl methyl sites for hydroxylation is 1. The van der Waals surface area contributed by atoms with E-state index in [4.69, 9.17) is 27.9 Å². The molecule has 0 heterocycles. The largest absolute Gasteiger partial charge is 0.492 e. The highest BCUT2D eigenvalue weighted by Gasteiger charge is 2.27. The summed E-state index contributed by atoms with van der Waals surface area (Å²) in [7, 11) is -4.04. The SMILES string of the molecule is Cc1ccc(OCCNC(=O)CN(c2cc(Cl)cc(Cl)c2)S(=O)(=O)c2ccccc2)cc1. The number of nitrogens with one attached hydrogen (secondary N) is 1. The van der Waals surface area contributed by atoms with E-state index in [2.05, 4.69) is 5.32 Å². The van der Waals surface area contributed by atoms with Gasteiger partial charge in [0.25, 0.3) is 10.0 Å². The van der Waals surface area contributed by atoms with Crippen molar-refractivity contribution in [2.75, 3.05) is 24.0 Å². The zero-order chi connectivity index (χ0) is 23.1. The predicted octanol–water partition coefficient (Wildman–Crippen LogP) is 4.69. The molecule has 0 saturated heterocycles. The summed E-state index contributed by atoms with van der Waals surface area (Å²) in [6.45, 7) is 1.98. The molecule has 0 fully saturated rings. The van der Waals surface area contributed by atoms with Gasteiger partial charge in [0, 0.05) is 10.0 Å². The van der Waals surface area contributed by atoms with E-state index >= 15 is 0 Å². The third-order valence-corrected chi connectivity index (χ3v) is 6.69. The maximum absolute atomic E-state index is 13.3. The molecule has 6 nitrogen and oxygen atoms in total. The normalized spacial score (nSPS) is 11.1. The van der Waals surface area contributed by atoms with Gasteiger partial charge in [-0.25, -0.2) is 8.42 Å². The number of nitrogens with zero attached hydrogens (tertiary/aromatic N) is 1. The van der Waals surface area contributed by atoms with Gasteiger partial charge in [-0.3, -0.25) is 9.10 Å². The second kappa shape index (κ2) is 10.7. The van der Waals surface area contributed by atoms with Gasteiger partial charge in [0.15, 0.2) is 0 Å². The van der Waals surface area contributed by atoms with E-state index in [-0.39, 0.29) is 33.8 Å². The molecule has 3 aromatic rings. The van der Waals surface area contributed by atoms with Crippen LogP contribution in [0.4, 0.5) is 5.69 Å². The number of ether oxygens (including phenoxy) is 1. The summed E-state index contributed by atoms with van der Waals surface area (Å²) in [6.07, 6.45) is 0. The van der Waals surface area contributed by atoms with Gasteiger partial charge in [-0.05, 0) is 49.4 Å². The van der Waals surface area contributed by atoms with Crippen LogP contribution in [-0.2, 0) is 14.8 Å². The van der Waals surface area contributed by atoms with Gasteiger partial charge in [0.1, 0.15) is 18.9 Å². The molecule has 0 aliphatic heterocycles. The Balaban J connectivity index is 1.72. The first kappa shape index (κ1) is 23.9. The lowest BCUT2D eigenvalue weighted by atomic mass is 10.2. The van der Waals surface area contributed by atoms with E-state index < -0.39 is 22.5 Å². The molecule has 0 spiro atoms. The Morgan fingerprint density at radius 1 is 0.969 bits per heavy atom. The van der Waals surface area contributed by atoms with E-state index in [1.54, 1.807) is 18.2 Å². The average Bonchev–Trinajstić information content (AvgIpc) is 2.76. The summed E-state index contributed by atoms with van der Waals surface area (Å²) in [4.78, 5) is 12.6. The average molecular weight is 493 g/mol. The molecule has 0 atom stereocenters. The van der Waals surface area contributed by atoms with E-state index in [0.717, 1.165) is 9.87 Å². The summed E-state index contributed by atoms with van der Waals surface area (Å²) >= 11 is 12.1. The molecule has 168 valence electrons. The first-order valence-corrected chi connectivity index (χ1v) is 12.0. The van der Waals surface area contributed by atoms with Crippen molar-refractivity contribution in [2.24, 2.45) is 0 Å². The molecule has 32 heavy (non-hydrogen) atoms. The smallest absolute Gasteiger partial charge is 0.264 e. The van der Waals surface area contributed by atoms with Crippen LogP contribution in [0, 0.1) is 6.92 Å². The van der Waals surface area contributed by atoms with Crippen LogP contribution in [0.1, 0.15) is 5.56 Å². The Hall–Kier alpha value is -2.74. The van der Waals surface area contributed by atoms with Crippen molar-refractivity contribution in [1.82, 2.24) is 5.32 Å². The Bertz CT molecular complexity index is 1150. The van der Waals surface area contributed by atoms with Gasteiger partial charge in [0.05, 0.1) is 17.1 Å². The number of benzene rings is 3. The maximum Gasteiger partial charge on any atom is 0.264 e. The summed E-state index contributed by atoms with van der Waals surface area (Å²) < 4.78 is 33.1. The van der Waals surface area contributed by atoms with Crippen molar-refractivity contribution in [3.05, 3.63) is 88.4 Å². The molecule has 0 saturated carbocycles. The molecule has 0 aromatic heterocycles. The van der Waals surface area contributed by atoms with Gasteiger partial charge in [-0.1, -0.05) is 59.1 Å². The van der Waals surface area contributed by atoms with Gasteiger partial charge in [-0.2, -0.15) is 0 Å². The van der Waals surface area contributed by atoms with Crippen molar-refractivity contribution in [2.45, 2.75) is 11.8 Å². The van der Waals surface area contributed by atoms with E-state index in [9.17, 15) is 13.2 Å². The van der Waals surface area contributed by atoms with E-state index in [0.29, 0.717) is 5.75 Å². The number of rotatable bonds is 9. The van der Waals surface area contributed by atoms with Crippen molar-refractivity contribution >= 4 is 44.8 Å². The molecule has 1 N–H and O–H groups in total. The lowest BCUT2D eigenvalue weighted by Gasteiger charge is -2.24. The van der Waals surface area contributed by atoms with E-state index in [1.807, 2.05) is 31.2 Å². The van der Waals surface area contributed by atoms with Crippen molar-refractivity contribution in [1.29, 1.82) is 0 Å². The Labute approximate surface area is 197 Å². The number of anilines is 1. The third-order valence-electron chi connectivity index (χ3n) is 4.47. The minimum Gasteiger partial charge on any atom is -0.492 e. The molecule has 3 aromatic carbocycles. The van der Waals surface area contributed by atoms with Crippen molar-refractivity contribution < 1.29 is 17.9 Å². The predicted molar refractivity (Wildman–Crippen MR) is 127 cm³/mol. The molecule has 0 unspecified atom stereocenters. The topological polar surface area (TPSA) is 75.7 Å². The van der Waals surface area contributed by atoms with Crippen LogP contribution in [0.25, 0.3) is 0 Å². The molecular weight excluding hydrogens is 471 g/mol. The first-order chi connectivity index (χ1) is 15.3. The summed E-state index contributed by atoms with van der Waals surface area (Å²) in [5, 5.41) is 3.20.